The topological polar surface area (TPSA) is 33.2 Å². The van der Waals surface area contributed by atoms with Gasteiger partial charge < -0.3 is 4.90 Å². The van der Waals surface area contributed by atoms with Crippen molar-refractivity contribution in [1.82, 2.24) is 9.88 Å². The summed E-state index contributed by atoms with van der Waals surface area (Å²) < 4.78 is 37.4. The number of nitrogens with zero attached hydrogens (tertiary/aromatic N) is 2. The maximum absolute atomic E-state index is 12.5. The molecule has 1 saturated carbocycles. The summed E-state index contributed by atoms with van der Waals surface area (Å²) in [5.41, 5.74) is -0.812. The van der Waals surface area contributed by atoms with E-state index in [4.69, 9.17) is 0 Å². The van der Waals surface area contributed by atoms with Crippen molar-refractivity contribution < 1.29 is 18.0 Å². The molecule has 21 heavy (non-hydrogen) atoms. The van der Waals surface area contributed by atoms with Crippen LogP contribution in [0.3, 0.4) is 0 Å². The largest absolute Gasteiger partial charge is 0.417 e. The van der Waals surface area contributed by atoms with Crippen LogP contribution < -0.4 is 0 Å². The number of pyridine rings is 1. The molecule has 2 unspecified atom stereocenters. The average molecular weight is 365 g/mol. The number of carbonyl (C=O) groups is 1. The summed E-state index contributed by atoms with van der Waals surface area (Å²) in [6.45, 7) is 0. The lowest BCUT2D eigenvalue weighted by Gasteiger charge is -2.35. The van der Waals surface area contributed by atoms with Crippen LogP contribution >= 0.6 is 15.9 Å². The summed E-state index contributed by atoms with van der Waals surface area (Å²) in [7, 11) is 1.67. The van der Waals surface area contributed by atoms with Crippen molar-refractivity contribution in [1.29, 1.82) is 0 Å². The smallest absolute Gasteiger partial charge is 0.336 e. The summed E-state index contributed by atoms with van der Waals surface area (Å²) in [5, 5.41) is 0. The summed E-state index contributed by atoms with van der Waals surface area (Å²) >= 11 is 3.57. The van der Waals surface area contributed by atoms with Gasteiger partial charge in [-0.05, 0) is 25.0 Å². The summed E-state index contributed by atoms with van der Waals surface area (Å²) in [4.78, 5) is 17.8. The Labute approximate surface area is 129 Å². The molecular weight excluding hydrogens is 349 g/mol. The molecule has 1 aromatic heterocycles. The normalized spacial score (nSPS) is 22.9. The first-order chi connectivity index (χ1) is 9.80. The minimum absolute atomic E-state index is 0.0378. The van der Waals surface area contributed by atoms with Gasteiger partial charge in [0.2, 0.25) is 0 Å². The van der Waals surface area contributed by atoms with Gasteiger partial charge in [0.05, 0.1) is 5.56 Å². The molecule has 0 saturated heterocycles. The summed E-state index contributed by atoms with van der Waals surface area (Å²) in [6, 6.07) is 2.07. The molecule has 1 aliphatic carbocycles. The van der Waals surface area contributed by atoms with Gasteiger partial charge in [-0.2, -0.15) is 13.2 Å². The zero-order chi connectivity index (χ0) is 15.6. The second-order valence-corrected chi connectivity index (χ2v) is 6.39. The molecule has 1 fully saturated rings. The molecule has 0 aromatic carbocycles. The summed E-state index contributed by atoms with van der Waals surface area (Å²) in [5.74, 6) is -0.347. The van der Waals surface area contributed by atoms with E-state index >= 15 is 0 Å². The van der Waals surface area contributed by atoms with Crippen molar-refractivity contribution in [3.05, 3.63) is 29.6 Å². The molecule has 2 rings (SSSR count). The van der Waals surface area contributed by atoms with Crippen molar-refractivity contribution in [2.45, 2.75) is 42.7 Å². The maximum Gasteiger partial charge on any atom is 0.417 e. The van der Waals surface area contributed by atoms with Gasteiger partial charge in [0, 0.05) is 24.1 Å². The lowest BCUT2D eigenvalue weighted by atomic mass is 9.94. The Balaban J connectivity index is 2.12. The first-order valence-corrected chi connectivity index (χ1v) is 7.66. The molecule has 0 radical (unpaired) electrons. The third kappa shape index (κ3) is 3.75. The SMILES string of the molecule is CN(C(=O)c1ccc(C(F)(F)F)cn1)C1CCCCC1Br. The highest BCUT2D eigenvalue weighted by Crippen LogP contribution is 2.30. The Kier molecular flexibility index (Phi) is 4.91. The molecule has 1 aliphatic rings. The molecule has 2 atom stereocenters. The molecule has 0 N–H and O–H groups in total. The van der Waals surface area contributed by atoms with Crippen LogP contribution in [0.1, 0.15) is 41.7 Å². The fourth-order valence-corrected chi connectivity index (χ4v) is 3.46. The minimum Gasteiger partial charge on any atom is -0.336 e. The van der Waals surface area contributed by atoms with E-state index in [1.165, 1.54) is 0 Å². The molecule has 1 heterocycles. The van der Waals surface area contributed by atoms with Crippen LogP contribution in [-0.2, 0) is 6.18 Å². The molecule has 0 spiro atoms. The van der Waals surface area contributed by atoms with Crippen LogP contribution in [0.25, 0.3) is 0 Å². The minimum atomic E-state index is -4.44. The van der Waals surface area contributed by atoms with E-state index in [9.17, 15) is 18.0 Å². The Morgan fingerprint density at radius 3 is 2.52 bits per heavy atom. The maximum atomic E-state index is 12.5. The Morgan fingerprint density at radius 1 is 1.33 bits per heavy atom. The second-order valence-electron chi connectivity index (χ2n) is 5.21. The highest BCUT2D eigenvalue weighted by molar-refractivity contribution is 9.09. The number of aromatic nitrogens is 1. The van der Waals surface area contributed by atoms with Crippen LogP contribution in [0, 0.1) is 0 Å². The van der Waals surface area contributed by atoms with E-state index in [2.05, 4.69) is 20.9 Å². The molecule has 1 amide bonds. The Hall–Kier alpha value is -1.11. The van der Waals surface area contributed by atoms with Crippen molar-refractivity contribution in [2.24, 2.45) is 0 Å². The molecular formula is C14H16BrF3N2O. The van der Waals surface area contributed by atoms with E-state index in [0.717, 1.165) is 37.8 Å². The standard InChI is InChI=1S/C14H16BrF3N2O/c1-20(12-5-3-2-4-10(12)15)13(21)11-7-6-9(8-19-11)14(16,17)18/h6-8,10,12H,2-5H2,1H3. The van der Waals surface area contributed by atoms with Gasteiger partial charge in [0.1, 0.15) is 5.69 Å². The first kappa shape index (κ1) is 16.3. The van der Waals surface area contributed by atoms with Gasteiger partial charge in [0.25, 0.3) is 5.91 Å². The molecule has 0 aliphatic heterocycles. The van der Waals surface area contributed by atoms with E-state index in [0.29, 0.717) is 6.20 Å². The monoisotopic (exact) mass is 364 g/mol. The highest BCUT2D eigenvalue weighted by atomic mass is 79.9. The molecule has 1 aromatic rings. The van der Waals surface area contributed by atoms with Gasteiger partial charge >= 0.3 is 6.18 Å². The van der Waals surface area contributed by atoms with Crippen molar-refractivity contribution in [2.75, 3.05) is 7.05 Å². The van der Waals surface area contributed by atoms with E-state index in [1.807, 2.05) is 0 Å². The third-order valence-corrected chi connectivity index (χ3v) is 4.84. The number of alkyl halides is 4. The highest BCUT2D eigenvalue weighted by Gasteiger charge is 2.32. The first-order valence-electron chi connectivity index (χ1n) is 6.75. The van der Waals surface area contributed by atoms with Crippen molar-refractivity contribution >= 4 is 21.8 Å². The number of rotatable bonds is 2. The number of hydrogen-bond donors (Lipinski definition) is 0. The molecule has 0 bridgehead atoms. The predicted octanol–water partition coefficient (Wildman–Crippen LogP) is 3.88. The lowest BCUT2D eigenvalue weighted by molar-refractivity contribution is -0.137. The lowest BCUT2D eigenvalue weighted by Crippen LogP contribution is -2.44. The summed E-state index contributed by atoms with van der Waals surface area (Å²) in [6.07, 6.45) is 0.303. The van der Waals surface area contributed by atoms with Gasteiger partial charge in [-0.3, -0.25) is 9.78 Å². The quantitative estimate of drug-likeness (QED) is 0.746. The van der Waals surface area contributed by atoms with E-state index in [1.54, 1.807) is 11.9 Å². The van der Waals surface area contributed by atoms with Crippen molar-refractivity contribution in [3.8, 4) is 0 Å². The molecule has 116 valence electrons. The van der Waals surface area contributed by atoms with Crippen LogP contribution in [0.2, 0.25) is 0 Å². The van der Waals surface area contributed by atoms with E-state index in [-0.39, 0.29) is 22.5 Å². The fourth-order valence-electron chi connectivity index (χ4n) is 2.52. The number of amides is 1. The van der Waals surface area contributed by atoms with Crippen LogP contribution in [-0.4, -0.2) is 33.7 Å². The Bertz CT molecular complexity index is 504. The fraction of sp³-hybridized carbons (Fsp3) is 0.571. The number of carbonyl (C=O) groups excluding carboxylic acids is 1. The second kappa shape index (κ2) is 6.34. The van der Waals surface area contributed by atoms with E-state index < -0.39 is 11.7 Å². The van der Waals surface area contributed by atoms with Crippen LogP contribution in [0.4, 0.5) is 13.2 Å². The van der Waals surface area contributed by atoms with Crippen molar-refractivity contribution in [3.63, 3.8) is 0 Å². The zero-order valence-electron chi connectivity index (χ0n) is 11.5. The van der Waals surface area contributed by atoms with Gasteiger partial charge in [-0.1, -0.05) is 28.8 Å². The van der Waals surface area contributed by atoms with Crippen LogP contribution in [0.5, 0.6) is 0 Å². The Morgan fingerprint density at radius 2 is 2.00 bits per heavy atom. The average Bonchev–Trinajstić information content (AvgIpc) is 2.45. The zero-order valence-corrected chi connectivity index (χ0v) is 13.1. The van der Waals surface area contributed by atoms with Gasteiger partial charge in [-0.15, -0.1) is 0 Å². The van der Waals surface area contributed by atoms with Crippen LogP contribution in [0.15, 0.2) is 18.3 Å². The molecule has 3 nitrogen and oxygen atoms in total. The number of hydrogen-bond acceptors (Lipinski definition) is 2. The predicted molar refractivity (Wildman–Crippen MR) is 76.3 cm³/mol. The number of halogens is 4. The third-order valence-electron chi connectivity index (χ3n) is 3.78. The molecule has 7 heteroatoms. The van der Waals surface area contributed by atoms with Gasteiger partial charge in [0.15, 0.2) is 0 Å². The van der Waals surface area contributed by atoms with Gasteiger partial charge in [-0.25, -0.2) is 0 Å².